The Hall–Kier alpha value is -1.41. The van der Waals surface area contributed by atoms with Gasteiger partial charge in [0.05, 0.1) is 5.56 Å². The van der Waals surface area contributed by atoms with Crippen LogP contribution < -0.4 is 5.73 Å². The minimum Gasteiger partial charge on any atom is -0.398 e. The molecule has 3 aromatic rings. The molecular formula is C15H11BrIN3O. The van der Waals surface area contributed by atoms with Crippen molar-refractivity contribution in [3.05, 3.63) is 50.0 Å². The third-order valence-electron chi connectivity index (χ3n) is 3.10. The Kier molecular flexibility index (Phi) is 3.99. The third-order valence-corrected chi connectivity index (χ3v) is 4.63. The van der Waals surface area contributed by atoms with Crippen LogP contribution in [-0.2, 0) is 0 Å². The number of aryl methyl sites for hydroxylation is 1. The SMILES string of the molecule is Cc1ccc(-c2noc(-c3cc(I)ccc3N)n2)cc1Br. The fourth-order valence-corrected chi connectivity index (χ4v) is 2.77. The number of nitrogens with two attached hydrogens (primary N) is 1. The Morgan fingerprint density at radius 3 is 2.76 bits per heavy atom. The molecule has 2 N–H and O–H groups in total. The van der Waals surface area contributed by atoms with Gasteiger partial charge in [-0.05, 0) is 59.3 Å². The topological polar surface area (TPSA) is 64.9 Å². The van der Waals surface area contributed by atoms with Crippen LogP contribution in [0.5, 0.6) is 0 Å². The quantitative estimate of drug-likeness (QED) is 0.450. The van der Waals surface area contributed by atoms with Gasteiger partial charge >= 0.3 is 0 Å². The van der Waals surface area contributed by atoms with Crippen LogP contribution in [0, 0.1) is 10.5 Å². The predicted molar refractivity (Wildman–Crippen MR) is 94.7 cm³/mol. The number of nitrogen functional groups attached to an aromatic ring is 1. The molecule has 21 heavy (non-hydrogen) atoms. The molecule has 0 aliphatic rings. The van der Waals surface area contributed by atoms with Crippen LogP contribution in [0.2, 0.25) is 0 Å². The van der Waals surface area contributed by atoms with Crippen LogP contribution in [-0.4, -0.2) is 10.1 Å². The second-order valence-corrected chi connectivity index (χ2v) is 6.72. The number of hydrogen-bond donors (Lipinski definition) is 1. The van der Waals surface area contributed by atoms with Crippen LogP contribution >= 0.6 is 38.5 Å². The maximum absolute atomic E-state index is 5.97. The zero-order chi connectivity index (χ0) is 15.0. The van der Waals surface area contributed by atoms with Crippen molar-refractivity contribution in [3.8, 4) is 22.8 Å². The highest BCUT2D eigenvalue weighted by Gasteiger charge is 2.14. The summed E-state index contributed by atoms with van der Waals surface area (Å²) in [7, 11) is 0. The van der Waals surface area contributed by atoms with Crippen molar-refractivity contribution in [2.75, 3.05) is 5.73 Å². The van der Waals surface area contributed by atoms with E-state index in [0.717, 1.165) is 24.7 Å². The van der Waals surface area contributed by atoms with Gasteiger partial charge < -0.3 is 10.3 Å². The summed E-state index contributed by atoms with van der Waals surface area (Å²) in [6.45, 7) is 2.03. The molecule has 3 rings (SSSR count). The Morgan fingerprint density at radius 2 is 2.00 bits per heavy atom. The fraction of sp³-hybridized carbons (Fsp3) is 0.0667. The van der Waals surface area contributed by atoms with Gasteiger partial charge in [-0.15, -0.1) is 0 Å². The largest absolute Gasteiger partial charge is 0.398 e. The Morgan fingerprint density at radius 1 is 1.19 bits per heavy atom. The van der Waals surface area contributed by atoms with E-state index in [1.54, 1.807) is 0 Å². The van der Waals surface area contributed by atoms with E-state index in [1.807, 2.05) is 43.3 Å². The molecule has 0 fully saturated rings. The van der Waals surface area contributed by atoms with Gasteiger partial charge in [-0.2, -0.15) is 4.98 Å². The number of aromatic nitrogens is 2. The lowest BCUT2D eigenvalue weighted by Gasteiger charge is -2.01. The first kappa shape index (κ1) is 14.5. The minimum absolute atomic E-state index is 0.428. The second kappa shape index (κ2) is 5.76. The first-order chi connectivity index (χ1) is 10.0. The predicted octanol–water partition coefficient (Wildman–Crippen LogP) is 4.66. The summed E-state index contributed by atoms with van der Waals surface area (Å²) in [5.74, 6) is 0.974. The van der Waals surface area contributed by atoms with Gasteiger partial charge in [0.15, 0.2) is 0 Å². The maximum Gasteiger partial charge on any atom is 0.260 e. The number of benzene rings is 2. The summed E-state index contributed by atoms with van der Waals surface area (Å²) < 4.78 is 7.43. The van der Waals surface area contributed by atoms with Crippen LogP contribution in [0.15, 0.2) is 45.4 Å². The summed E-state index contributed by atoms with van der Waals surface area (Å²) in [6, 6.07) is 11.7. The van der Waals surface area contributed by atoms with Crippen molar-refractivity contribution in [3.63, 3.8) is 0 Å². The molecule has 0 saturated carbocycles. The second-order valence-electron chi connectivity index (χ2n) is 4.62. The lowest BCUT2D eigenvalue weighted by molar-refractivity contribution is 0.432. The summed E-state index contributed by atoms with van der Waals surface area (Å²) in [6.07, 6.45) is 0. The molecule has 0 atom stereocenters. The van der Waals surface area contributed by atoms with E-state index < -0.39 is 0 Å². The van der Waals surface area contributed by atoms with Gasteiger partial charge in [0.1, 0.15) is 0 Å². The van der Waals surface area contributed by atoms with Crippen molar-refractivity contribution in [2.45, 2.75) is 6.92 Å². The summed E-state index contributed by atoms with van der Waals surface area (Å²) >= 11 is 5.73. The monoisotopic (exact) mass is 455 g/mol. The van der Waals surface area contributed by atoms with Crippen molar-refractivity contribution >= 4 is 44.2 Å². The van der Waals surface area contributed by atoms with E-state index >= 15 is 0 Å². The highest BCUT2D eigenvalue weighted by molar-refractivity contribution is 14.1. The van der Waals surface area contributed by atoms with E-state index in [-0.39, 0.29) is 0 Å². The highest BCUT2D eigenvalue weighted by Crippen LogP contribution is 2.29. The molecule has 0 aliphatic carbocycles. The maximum atomic E-state index is 5.97. The van der Waals surface area contributed by atoms with Crippen LogP contribution in [0.25, 0.3) is 22.8 Å². The molecule has 0 unspecified atom stereocenters. The molecule has 1 heterocycles. The van der Waals surface area contributed by atoms with Gasteiger partial charge in [0.2, 0.25) is 5.82 Å². The Bertz CT molecular complexity index is 816. The molecule has 0 radical (unpaired) electrons. The van der Waals surface area contributed by atoms with Gasteiger partial charge in [0.25, 0.3) is 5.89 Å². The lowest BCUT2D eigenvalue weighted by atomic mass is 10.1. The van der Waals surface area contributed by atoms with E-state index in [2.05, 4.69) is 48.7 Å². The standard InChI is InChI=1S/C15H11BrIN3O/c1-8-2-3-9(6-12(8)16)14-19-15(21-20-14)11-7-10(17)4-5-13(11)18/h2-7H,18H2,1H3. The molecule has 0 aliphatic heterocycles. The molecule has 1 aromatic heterocycles. The molecule has 0 amide bonds. The molecule has 0 saturated heterocycles. The number of rotatable bonds is 2. The van der Waals surface area contributed by atoms with Crippen LogP contribution in [0.4, 0.5) is 5.69 Å². The molecule has 0 bridgehead atoms. The number of anilines is 1. The number of nitrogens with zero attached hydrogens (tertiary/aromatic N) is 2. The Labute approximate surface area is 144 Å². The summed E-state index contributed by atoms with van der Waals surface area (Å²) in [5, 5.41) is 4.04. The zero-order valence-electron chi connectivity index (χ0n) is 11.1. The van der Waals surface area contributed by atoms with E-state index in [4.69, 9.17) is 10.3 Å². The molecule has 4 nitrogen and oxygen atoms in total. The molecule has 106 valence electrons. The summed E-state index contributed by atoms with van der Waals surface area (Å²) in [5.41, 5.74) is 9.40. The van der Waals surface area contributed by atoms with Crippen molar-refractivity contribution in [1.82, 2.24) is 10.1 Å². The first-order valence-corrected chi connectivity index (χ1v) is 8.07. The summed E-state index contributed by atoms with van der Waals surface area (Å²) in [4.78, 5) is 4.44. The van der Waals surface area contributed by atoms with Crippen molar-refractivity contribution < 1.29 is 4.52 Å². The van der Waals surface area contributed by atoms with Crippen molar-refractivity contribution in [2.24, 2.45) is 0 Å². The number of halogens is 2. The first-order valence-electron chi connectivity index (χ1n) is 6.20. The zero-order valence-corrected chi connectivity index (χ0v) is 14.8. The molecule has 0 spiro atoms. The minimum atomic E-state index is 0.428. The van der Waals surface area contributed by atoms with Crippen LogP contribution in [0.3, 0.4) is 0 Å². The average Bonchev–Trinajstić information content (AvgIpc) is 2.94. The smallest absolute Gasteiger partial charge is 0.260 e. The Balaban J connectivity index is 2.03. The number of hydrogen-bond acceptors (Lipinski definition) is 4. The molecule has 6 heteroatoms. The van der Waals surface area contributed by atoms with E-state index in [9.17, 15) is 0 Å². The van der Waals surface area contributed by atoms with Crippen LogP contribution in [0.1, 0.15) is 5.56 Å². The van der Waals surface area contributed by atoms with Crippen molar-refractivity contribution in [1.29, 1.82) is 0 Å². The lowest BCUT2D eigenvalue weighted by Crippen LogP contribution is -1.91. The molecular weight excluding hydrogens is 445 g/mol. The average molecular weight is 456 g/mol. The highest BCUT2D eigenvalue weighted by atomic mass is 127. The van der Waals surface area contributed by atoms with Gasteiger partial charge in [-0.3, -0.25) is 0 Å². The normalized spacial score (nSPS) is 10.8. The van der Waals surface area contributed by atoms with Gasteiger partial charge in [-0.1, -0.05) is 33.2 Å². The molecule has 2 aromatic carbocycles. The fourth-order valence-electron chi connectivity index (χ4n) is 1.90. The van der Waals surface area contributed by atoms with E-state index in [1.165, 1.54) is 0 Å². The van der Waals surface area contributed by atoms with Gasteiger partial charge in [-0.25, -0.2) is 0 Å². The third kappa shape index (κ3) is 2.96. The van der Waals surface area contributed by atoms with E-state index in [0.29, 0.717) is 17.4 Å². The van der Waals surface area contributed by atoms with Gasteiger partial charge in [0, 0.05) is 19.3 Å².